The predicted octanol–water partition coefficient (Wildman–Crippen LogP) is 5.85. The zero-order chi connectivity index (χ0) is 19.1. The number of hydrogen-bond acceptors (Lipinski definition) is 4. The lowest BCUT2D eigenvalue weighted by molar-refractivity contribution is 0.269. The maximum Gasteiger partial charge on any atom is 0.163 e. The Morgan fingerprint density at radius 2 is 1.70 bits per heavy atom. The molecule has 0 saturated carbocycles. The van der Waals surface area contributed by atoms with Crippen molar-refractivity contribution < 1.29 is 13.9 Å². The zero-order valence-electron chi connectivity index (χ0n) is 15.0. The minimum absolute atomic E-state index is 0.339. The maximum atomic E-state index is 6.45. The van der Waals surface area contributed by atoms with Crippen LogP contribution in [-0.2, 0) is 19.7 Å². The summed E-state index contributed by atoms with van der Waals surface area (Å²) in [6.07, 6.45) is 1.66. The fraction of sp³-hybridized carbons (Fsp3) is 0.238. The smallest absolute Gasteiger partial charge is 0.163 e. The van der Waals surface area contributed by atoms with Crippen molar-refractivity contribution in [2.24, 2.45) is 0 Å². The lowest BCUT2D eigenvalue weighted by atomic mass is 10.2. The molecule has 0 unspecified atom stereocenters. The van der Waals surface area contributed by atoms with Crippen molar-refractivity contribution in [3.8, 4) is 11.5 Å². The first-order valence-corrected chi connectivity index (χ1v) is 9.47. The minimum atomic E-state index is 0.339. The molecule has 4 nitrogen and oxygen atoms in total. The normalized spacial score (nSPS) is 10.8. The van der Waals surface area contributed by atoms with E-state index >= 15 is 0 Å². The van der Waals surface area contributed by atoms with Gasteiger partial charge in [-0.05, 0) is 36.8 Å². The van der Waals surface area contributed by atoms with Crippen LogP contribution >= 0.6 is 23.2 Å². The van der Waals surface area contributed by atoms with Gasteiger partial charge in [-0.15, -0.1) is 0 Å². The number of halogens is 2. The molecule has 6 heteroatoms. The van der Waals surface area contributed by atoms with Gasteiger partial charge in [0.1, 0.15) is 12.4 Å². The molecule has 0 amide bonds. The van der Waals surface area contributed by atoms with E-state index in [1.54, 1.807) is 12.3 Å². The van der Waals surface area contributed by atoms with Gasteiger partial charge in [0, 0.05) is 28.2 Å². The van der Waals surface area contributed by atoms with Crippen molar-refractivity contribution in [1.82, 2.24) is 5.32 Å². The van der Waals surface area contributed by atoms with Crippen LogP contribution in [0.15, 0.2) is 59.2 Å². The molecular formula is C21H21Cl2NO3. The van der Waals surface area contributed by atoms with Crippen molar-refractivity contribution in [2.75, 3.05) is 6.61 Å². The van der Waals surface area contributed by atoms with Gasteiger partial charge < -0.3 is 19.2 Å². The Hall–Kier alpha value is -2.14. The van der Waals surface area contributed by atoms with Crippen molar-refractivity contribution in [2.45, 2.75) is 26.6 Å². The van der Waals surface area contributed by atoms with Crippen LogP contribution in [0.4, 0.5) is 0 Å². The van der Waals surface area contributed by atoms with E-state index in [1.807, 2.05) is 49.4 Å². The molecule has 0 aliphatic rings. The van der Waals surface area contributed by atoms with E-state index < -0.39 is 0 Å². The molecule has 0 saturated heterocycles. The first-order chi connectivity index (χ1) is 13.2. The fourth-order valence-corrected chi connectivity index (χ4v) is 3.01. The van der Waals surface area contributed by atoms with Crippen molar-refractivity contribution in [1.29, 1.82) is 0 Å². The molecule has 2 aromatic carbocycles. The van der Waals surface area contributed by atoms with Crippen LogP contribution in [0, 0.1) is 0 Å². The number of furan rings is 1. The highest BCUT2D eigenvalue weighted by Crippen LogP contribution is 2.34. The molecule has 0 fully saturated rings. The van der Waals surface area contributed by atoms with E-state index in [4.69, 9.17) is 37.1 Å². The Bertz CT molecular complexity index is 866. The minimum Gasteiger partial charge on any atom is -0.490 e. The van der Waals surface area contributed by atoms with Gasteiger partial charge in [-0.3, -0.25) is 0 Å². The Morgan fingerprint density at radius 3 is 2.44 bits per heavy atom. The van der Waals surface area contributed by atoms with Gasteiger partial charge in [0.25, 0.3) is 0 Å². The number of hydrogen-bond donors (Lipinski definition) is 1. The summed E-state index contributed by atoms with van der Waals surface area (Å²) in [5.74, 6) is 2.12. The number of nitrogens with one attached hydrogen (secondary N) is 1. The van der Waals surface area contributed by atoms with Crippen LogP contribution in [0.3, 0.4) is 0 Å². The maximum absolute atomic E-state index is 6.45. The molecule has 1 N–H and O–H groups in total. The molecule has 0 atom stereocenters. The van der Waals surface area contributed by atoms with E-state index in [0.29, 0.717) is 47.8 Å². The first kappa shape index (κ1) is 19.6. The molecule has 0 radical (unpaired) electrons. The summed E-state index contributed by atoms with van der Waals surface area (Å²) in [6.45, 7) is 4.01. The fourth-order valence-electron chi connectivity index (χ4n) is 2.60. The van der Waals surface area contributed by atoms with Gasteiger partial charge in [0.05, 0.1) is 19.4 Å². The van der Waals surface area contributed by atoms with Crippen LogP contribution in [-0.4, -0.2) is 6.61 Å². The van der Waals surface area contributed by atoms with Gasteiger partial charge in [-0.25, -0.2) is 0 Å². The molecule has 0 aliphatic carbocycles. The summed E-state index contributed by atoms with van der Waals surface area (Å²) < 4.78 is 17.0. The summed E-state index contributed by atoms with van der Waals surface area (Å²) in [7, 11) is 0. The Morgan fingerprint density at radius 1 is 0.889 bits per heavy atom. The van der Waals surface area contributed by atoms with Crippen molar-refractivity contribution in [3.05, 3.63) is 81.7 Å². The first-order valence-electron chi connectivity index (χ1n) is 8.72. The van der Waals surface area contributed by atoms with Crippen molar-refractivity contribution in [3.63, 3.8) is 0 Å². The summed E-state index contributed by atoms with van der Waals surface area (Å²) in [5, 5.41) is 4.58. The molecule has 27 heavy (non-hydrogen) atoms. The van der Waals surface area contributed by atoms with Crippen LogP contribution in [0.5, 0.6) is 11.5 Å². The second-order valence-electron chi connectivity index (χ2n) is 5.89. The Balaban J connectivity index is 1.70. The van der Waals surface area contributed by atoms with Gasteiger partial charge in [0.2, 0.25) is 0 Å². The molecule has 142 valence electrons. The molecule has 0 spiro atoms. The quantitative estimate of drug-likeness (QED) is 0.484. The van der Waals surface area contributed by atoms with Gasteiger partial charge in [-0.2, -0.15) is 0 Å². The number of ether oxygens (including phenoxy) is 2. The van der Waals surface area contributed by atoms with Gasteiger partial charge >= 0.3 is 0 Å². The summed E-state index contributed by atoms with van der Waals surface area (Å²) in [6, 6.07) is 15.1. The molecule has 1 heterocycles. The Kier molecular flexibility index (Phi) is 7.04. The molecule has 3 aromatic rings. The topological polar surface area (TPSA) is 43.6 Å². The van der Waals surface area contributed by atoms with E-state index in [9.17, 15) is 0 Å². The number of rotatable bonds is 9. The van der Waals surface area contributed by atoms with Gasteiger partial charge in [-0.1, -0.05) is 41.4 Å². The largest absolute Gasteiger partial charge is 0.490 e. The van der Waals surface area contributed by atoms with E-state index in [0.717, 1.165) is 16.9 Å². The highest BCUT2D eigenvalue weighted by Gasteiger charge is 2.12. The standard InChI is InChI=1S/C21H21Cl2NO3/c1-2-25-20-10-16(12-24-13-17-7-5-9-26-17)19(23)11-21(20)27-14-15-6-3-4-8-18(15)22/h3-11,24H,2,12-14H2,1H3. The third-order valence-corrected chi connectivity index (χ3v) is 4.67. The SMILES string of the molecule is CCOc1cc(CNCc2ccco2)c(Cl)cc1OCc1ccccc1Cl. The zero-order valence-corrected chi connectivity index (χ0v) is 16.5. The van der Waals surface area contributed by atoms with Crippen LogP contribution in [0.1, 0.15) is 23.8 Å². The lowest BCUT2D eigenvalue weighted by Crippen LogP contribution is -2.13. The summed E-state index contributed by atoms with van der Waals surface area (Å²) in [5.41, 5.74) is 1.83. The third kappa shape index (κ3) is 5.42. The van der Waals surface area contributed by atoms with E-state index in [2.05, 4.69) is 5.32 Å². The van der Waals surface area contributed by atoms with Gasteiger partial charge in [0.15, 0.2) is 11.5 Å². The van der Waals surface area contributed by atoms with E-state index in [1.165, 1.54) is 0 Å². The Labute approximate surface area is 169 Å². The highest BCUT2D eigenvalue weighted by molar-refractivity contribution is 6.31. The summed E-state index contributed by atoms with van der Waals surface area (Å²) >= 11 is 12.6. The highest BCUT2D eigenvalue weighted by atomic mass is 35.5. The second kappa shape index (κ2) is 9.70. The molecule has 0 bridgehead atoms. The number of benzene rings is 2. The third-order valence-electron chi connectivity index (χ3n) is 3.95. The summed E-state index contributed by atoms with van der Waals surface area (Å²) in [4.78, 5) is 0. The molecule has 1 aromatic heterocycles. The average molecular weight is 406 g/mol. The molecular weight excluding hydrogens is 385 g/mol. The average Bonchev–Trinajstić information content (AvgIpc) is 3.17. The van der Waals surface area contributed by atoms with E-state index in [-0.39, 0.29) is 0 Å². The lowest BCUT2D eigenvalue weighted by Gasteiger charge is -2.15. The monoisotopic (exact) mass is 405 g/mol. The predicted molar refractivity (Wildman–Crippen MR) is 108 cm³/mol. The van der Waals surface area contributed by atoms with Crippen LogP contribution < -0.4 is 14.8 Å². The second-order valence-corrected chi connectivity index (χ2v) is 6.70. The van der Waals surface area contributed by atoms with Crippen LogP contribution in [0.25, 0.3) is 0 Å². The van der Waals surface area contributed by atoms with Crippen LogP contribution in [0.2, 0.25) is 10.0 Å². The van der Waals surface area contributed by atoms with Crippen molar-refractivity contribution >= 4 is 23.2 Å². The molecule has 0 aliphatic heterocycles. The molecule has 3 rings (SSSR count).